The van der Waals surface area contributed by atoms with Crippen LogP contribution < -0.4 is 0 Å². The average Bonchev–Trinajstić information content (AvgIpc) is 2.82. The Morgan fingerprint density at radius 2 is 1.96 bits per heavy atom. The lowest BCUT2D eigenvalue weighted by molar-refractivity contribution is -0.0107. The van der Waals surface area contributed by atoms with Crippen molar-refractivity contribution in [2.24, 2.45) is 0 Å². The normalized spacial score (nSPS) is 26.3. The molecule has 0 unspecified atom stereocenters. The molecular weight excluding hydrogens is 342 g/mol. The number of piperazine rings is 1. The van der Waals surface area contributed by atoms with Crippen molar-refractivity contribution in [1.82, 2.24) is 14.8 Å². The van der Waals surface area contributed by atoms with Gasteiger partial charge in [0.1, 0.15) is 5.60 Å². The quantitative estimate of drug-likeness (QED) is 0.784. The van der Waals surface area contributed by atoms with Crippen molar-refractivity contribution in [3.63, 3.8) is 0 Å². The van der Waals surface area contributed by atoms with Gasteiger partial charge >= 0.3 is 6.09 Å². The highest BCUT2D eigenvalue weighted by Crippen LogP contribution is 2.29. The Morgan fingerprint density at radius 1 is 1.24 bits per heavy atom. The summed E-state index contributed by atoms with van der Waals surface area (Å²) in [6.45, 7) is 7.08. The standard InChI is InChI=1S/C17H25N3O4S/c1-17(2,3)24-16(21)20-9-8-19(10-13-6-4-5-7-18-13)14-11-25(22,23)12-15(14)20/h4-7,14-15H,8-12H2,1-3H3/t14-,15+/m1/s1. The first kappa shape index (κ1) is 18.1. The van der Waals surface area contributed by atoms with Gasteiger partial charge in [0.2, 0.25) is 0 Å². The van der Waals surface area contributed by atoms with E-state index in [0.717, 1.165) is 5.69 Å². The molecule has 0 radical (unpaired) electrons. The highest BCUT2D eigenvalue weighted by molar-refractivity contribution is 7.91. The molecule has 0 bridgehead atoms. The number of fused-ring (bicyclic) bond motifs is 1. The Hall–Kier alpha value is -1.67. The largest absolute Gasteiger partial charge is 0.444 e. The minimum Gasteiger partial charge on any atom is -0.444 e. The molecule has 7 nitrogen and oxygen atoms in total. The first-order valence-electron chi connectivity index (χ1n) is 8.49. The SMILES string of the molecule is CC(C)(C)OC(=O)N1CCN(Cc2ccccn2)[C@@H]2CS(=O)(=O)C[C@@H]21. The number of aromatic nitrogens is 1. The van der Waals surface area contributed by atoms with Gasteiger partial charge in [-0.2, -0.15) is 0 Å². The summed E-state index contributed by atoms with van der Waals surface area (Å²) in [7, 11) is -3.18. The van der Waals surface area contributed by atoms with Gasteiger partial charge in [-0.15, -0.1) is 0 Å². The highest BCUT2D eigenvalue weighted by atomic mass is 32.2. The van der Waals surface area contributed by atoms with Crippen molar-refractivity contribution < 1.29 is 17.9 Å². The molecule has 2 aliphatic heterocycles. The molecule has 3 heterocycles. The fraction of sp³-hybridized carbons (Fsp3) is 0.647. The van der Waals surface area contributed by atoms with E-state index in [4.69, 9.17) is 4.74 Å². The smallest absolute Gasteiger partial charge is 0.410 e. The molecule has 2 aliphatic rings. The number of rotatable bonds is 2. The van der Waals surface area contributed by atoms with Crippen LogP contribution in [-0.2, 0) is 21.1 Å². The number of carbonyl (C=O) groups excluding carboxylic acids is 1. The number of hydrogen-bond donors (Lipinski definition) is 0. The fourth-order valence-electron chi connectivity index (χ4n) is 3.47. The second-order valence-electron chi connectivity index (χ2n) is 7.68. The van der Waals surface area contributed by atoms with Gasteiger partial charge in [0.15, 0.2) is 9.84 Å². The van der Waals surface area contributed by atoms with Crippen LogP contribution in [0.5, 0.6) is 0 Å². The van der Waals surface area contributed by atoms with Gasteiger partial charge in [-0.3, -0.25) is 9.88 Å². The minimum absolute atomic E-state index is 0.00434. The fourth-order valence-corrected chi connectivity index (χ4v) is 5.48. The number of nitrogens with zero attached hydrogens (tertiary/aromatic N) is 3. The predicted octanol–water partition coefficient (Wildman–Crippen LogP) is 1.30. The van der Waals surface area contributed by atoms with Crippen LogP contribution in [0.4, 0.5) is 4.79 Å². The number of carbonyl (C=O) groups is 1. The van der Waals surface area contributed by atoms with Crippen molar-refractivity contribution in [2.75, 3.05) is 24.6 Å². The lowest BCUT2D eigenvalue weighted by atomic mass is 10.0. The van der Waals surface area contributed by atoms with Gasteiger partial charge in [-0.25, -0.2) is 13.2 Å². The molecule has 0 aliphatic carbocycles. The maximum absolute atomic E-state index is 12.5. The molecule has 2 fully saturated rings. The zero-order valence-electron chi connectivity index (χ0n) is 14.9. The summed E-state index contributed by atoms with van der Waals surface area (Å²) < 4.78 is 29.9. The maximum atomic E-state index is 12.5. The van der Waals surface area contributed by atoms with Crippen LogP contribution in [-0.4, -0.2) is 71.6 Å². The topological polar surface area (TPSA) is 79.8 Å². The summed E-state index contributed by atoms with van der Waals surface area (Å²) in [5.74, 6) is 0.0689. The Labute approximate surface area is 148 Å². The summed E-state index contributed by atoms with van der Waals surface area (Å²) >= 11 is 0. The number of amides is 1. The van der Waals surface area contributed by atoms with Crippen molar-refractivity contribution in [3.8, 4) is 0 Å². The van der Waals surface area contributed by atoms with E-state index in [1.165, 1.54) is 0 Å². The van der Waals surface area contributed by atoms with Crippen LogP contribution in [0, 0.1) is 0 Å². The molecule has 0 aromatic carbocycles. The Kier molecular flexibility index (Phi) is 4.76. The summed E-state index contributed by atoms with van der Waals surface area (Å²) in [5.41, 5.74) is 0.297. The van der Waals surface area contributed by atoms with E-state index in [9.17, 15) is 13.2 Å². The third-order valence-corrected chi connectivity index (χ3v) is 6.21. The summed E-state index contributed by atoms with van der Waals surface area (Å²) in [6.07, 6.45) is 1.30. The molecule has 3 rings (SSSR count). The van der Waals surface area contributed by atoms with E-state index in [1.54, 1.807) is 11.1 Å². The van der Waals surface area contributed by atoms with Gasteiger partial charge < -0.3 is 9.64 Å². The first-order valence-corrected chi connectivity index (χ1v) is 10.3. The van der Waals surface area contributed by atoms with Crippen molar-refractivity contribution in [2.45, 2.75) is 45.0 Å². The van der Waals surface area contributed by atoms with Crippen LogP contribution in [0.3, 0.4) is 0 Å². The zero-order chi connectivity index (χ0) is 18.2. The van der Waals surface area contributed by atoms with E-state index < -0.39 is 21.5 Å². The van der Waals surface area contributed by atoms with Gasteiger partial charge in [0.25, 0.3) is 0 Å². The van der Waals surface area contributed by atoms with E-state index in [2.05, 4.69) is 9.88 Å². The van der Waals surface area contributed by atoms with Crippen LogP contribution in [0.2, 0.25) is 0 Å². The summed E-state index contributed by atoms with van der Waals surface area (Å²) in [5, 5.41) is 0. The van der Waals surface area contributed by atoms with E-state index in [-0.39, 0.29) is 23.6 Å². The highest BCUT2D eigenvalue weighted by Gasteiger charge is 2.48. The summed E-state index contributed by atoms with van der Waals surface area (Å²) in [6, 6.07) is 5.12. The van der Waals surface area contributed by atoms with Gasteiger partial charge in [-0.05, 0) is 32.9 Å². The number of ether oxygens (including phenoxy) is 1. The van der Waals surface area contributed by atoms with Gasteiger partial charge in [0.05, 0.1) is 23.2 Å². The number of sulfone groups is 1. The van der Waals surface area contributed by atoms with E-state index >= 15 is 0 Å². The lowest BCUT2D eigenvalue weighted by Gasteiger charge is -2.43. The molecule has 0 spiro atoms. The molecule has 2 saturated heterocycles. The third kappa shape index (κ3) is 4.30. The molecule has 1 aromatic heterocycles. The second-order valence-corrected chi connectivity index (χ2v) is 9.83. The molecule has 8 heteroatoms. The molecule has 0 saturated carbocycles. The van der Waals surface area contributed by atoms with Crippen molar-refractivity contribution in [3.05, 3.63) is 30.1 Å². The van der Waals surface area contributed by atoms with E-state index in [0.29, 0.717) is 19.6 Å². The first-order chi connectivity index (χ1) is 11.6. The molecule has 138 valence electrons. The summed E-state index contributed by atoms with van der Waals surface area (Å²) in [4.78, 5) is 20.6. The minimum atomic E-state index is -3.18. The predicted molar refractivity (Wildman–Crippen MR) is 93.8 cm³/mol. The van der Waals surface area contributed by atoms with Crippen LogP contribution in [0.15, 0.2) is 24.4 Å². The van der Waals surface area contributed by atoms with Crippen LogP contribution in [0.1, 0.15) is 26.5 Å². The Morgan fingerprint density at radius 3 is 2.60 bits per heavy atom. The van der Waals surface area contributed by atoms with Crippen LogP contribution in [0.25, 0.3) is 0 Å². The van der Waals surface area contributed by atoms with E-state index in [1.807, 2.05) is 39.0 Å². The lowest BCUT2D eigenvalue weighted by Crippen LogP contribution is -2.60. The van der Waals surface area contributed by atoms with Gasteiger partial charge in [0, 0.05) is 31.9 Å². The zero-order valence-corrected chi connectivity index (χ0v) is 15.7. The van der Waals surface area contributed by atoms with Crippen molar-refractivity contribution >= 4 is 15.9 Å². The molecule has 1 amide bonds. The third-order valence-electron chi connectivity index (χ3n) is 4.51. The maximum Gasteiger partial charge on any atom is 0.410 e. The van der Waals surface area contributed by atoms with Crippen molar-refractivity contribution in [1.29, 1.82) is 0 Å². The molecular formula is C17H25N3O4S. The Balaban J connectivity index is 1.79. The number of hydrogen-bond acceptors (Lipinski definition) is 6. The molecule has 25 heavy (non-hydrogen) atoms. The average molecular weight is 367 g/mol. The second kappa shape index (κ2) is 6.57. The molecule has 0 N–H and O–H groups in total. The molecule has 1 aromatic rings. The molecule has 2 atom stereocenters. The monoisotopic (exact) mass is 367 g/mol. The number of pyridine rings is 1. The van der Waals surface area contributed by atoms with Gasteiger partial charge in [-0.1, -0.05) is 6.07 Å². The Bertz CT molecular complexity index is 730. The van der Waals surface area contributed by atoms with Crippen LogP contribution >= 0.6 is 0 Å².